The first kappa shape index (κ1) is 25.8. The quantitative estimate of drug-likeness (QED) is 0.453. The molecule has 0 unspecified atom stereocenters. The van der Waals surface area contributed by atoms with Crippen molar-refractivity contribution in [2.24, 2.45) is 5.92 Å². The third-order valence-electron chi connectivity index (χ3n) is 7.22. The maximum atomic E-state index is 14.1. The number of benzene rings is 2. The lowest BCUT2D eigenvalue weighted by atomic mass is 10.0. The summed E-state index contributed by atoms with van der Waals surface area (Å²) in [7, 11) is -4.13. The Hall–Kier alpha value is -3.79. The third kappa shape index (κ3) is 4.53. The van der Waals surface area contributed by atoms with Gasteiger partial charge in [0.1, 0.15) is 11.6 Å². The fourth-order valence-corrected chi connectivity index (χ4v) is 6.50. The first-order valence-electron chi connectivity index (χ1n) is 12.3. The number of nitrogens with one attached hydrogen (secondary N) is 2. The normalized spacial score (nSPS) is 18.2. The van der Waals surface area contributed by atoms with Crippen molar-refractivity contribution in [2.75, 3.05) is 18.4 Å². The molecule has 1 saturated heterocycles. The van der Waals surface area contributed by atoms with Crippen LogP contribution >= 0.6 is 0 Å². The number of fused-ring (bicyclic) bond motifs is 1. The largest absolute Gasteiger partial charge is 0.358 e. The van der Waals surface area contributed by atoms with Crippen molar-refractivity contribution in [3.8, 4) is 0 Å². The lowest BCUT2D eigenvalue weighted by Gasteiger charge is -2.16. The standard InChI is InChI=1S/C28H27F2N3O4S/c1-15-9-10-33(13-15)28(35)26-16(2)25(31-17(26)3)12-20-19-11-18(7-8-24(19)32-27(20)34)38(36,37)14-21-22(29)5-4-6-23(21)30/h4-8,11-12,15,31H,9-10,13-14H2,1-3H3,(H,32,34)/b20-12-/t15-/m1/s1. The van der Waals surface area contributed by atoms with E-state index in [0.717, 1.165) is 18.6 Å². The van der Waals surface area contributed by atoms with E-state index in [2.05, 4.69) is 17.2 Å². The highest BCUT2D eigenvalue weighted by Crippen LogP contribution is 2.36. The van der Waals surface area contributed by atoms with E-state index in [9.17, 15) is 26.8 Å². The first-order valence-corrected chi connectivity index (χ1v) is 13.9. The van der Waals surface area contributed by atoms with E-state index in [1.165, 1.54) is 24.3 Å². The van der Waals surface area contributed by atoms with E-state index < -0.39 is 38.7 Å². The summed E-state index contributed by atoms with van der Waals surface area (Å²) in [5, 5.41) is 2.72. The van der Waals surface area contributed by atoms with Crippen LogP contribution < -0.4 is 5.32 Å². The Morgan fingerprint density at radius 2 is 1.87 bits per heavy atom. The zero-order chi connectivity index (χ0) is 27.4. The summed E-state index contributed by atoms with van der Waals surface area (Å²) in [4.78, 5) is 30.9. The number of aromatic amines is 1. The molecule has 0 radical (unpaired) electrons. The summed E-state index contributed by atoms with van der Waals surface area (Å²) in [6.45, 7) is 7.11. The number of carbonyl (C=O) groups is 2. The number of anilines is 1. The van der Waals surface area contributed by atoms with Gasteiger partial charge < -0.3 is 15.2 Å². The first-order chi connectivity index (χ1) is 18.0. The van der Waals surface area contributed by atoms with Crippen LogP contribution in [-0.4, -0.2) is 43.2 Å². The number of carbonyl (C=O) groups excluding carboxylic acids is 2. The fraction of sp³-hybridized carbons (Fsp3) is 0.286. The van der Waals surface area contributed by atoms with Crippen molar-refractivity contribution < 1.29 is 26.8 Å². The van der Waals surface area contributed by atoms with Crippen molar-refractivity contribution in [3.05, 3.63) is 81.7 Å². The van der Waals surface area contributed by atoms with Crippen molar-refractivity contribution in [1.82, 2.24) is 9.88 Å². The Balaban J connectivity index is 1.50. The summed E-state index contributed by atoms with van der Waals surface area (Å²) in [6, 6.07) is 7.26. The summed E-state index contributed by atoms with van der Waals surface area (Å²) >= 11 is 0. The number of likely N-dealkylation sites (tertiary alicyclic amines) is 1. The van der Waals surface area contributed by atoms with Gasteiger partial charge in [-0.1, -0.05) is 13.0 Å². The van der Waals surface area contributed by atoms with Gasteiger partial charge in [0.05, 0.1) is 21.8 Å². The number of aromatic nitrogens is 1. The Bertz CT molecular complexity index is 1600. The van der Waals surface area contributed by atoms with E-state index in [0.29, 0.717) is 52.8 Å². The van der Waals surface area contributed by atoms with Gasteiger partial charge in [-0.2, -0.15) is 0 Å². The molecule has 198 valence electrons. The van der Waals surface area contributed by atoms with Crippen LogP contribution in [0.5, 0.6) is 0 Å². The Morgan fingerprint density at radius 3 is 2.53 bits per heavy atom. The maximum absolute atomic E-state index is 14.1. The lowest BCUT2D eigenvalue weighted by molar-refractivity contribution is -0.110. The molecule has 0 aliphatic carbocycles. The van der Waals surface area contributed by atoms with Gasteiger partial charge >= 0.3 is 0 Å². The Kier molecular flexibility index (Phi) is 6.46. The van der Waals surface area contributed by atoms with Crippen LogP contribution in [0, 0.1) is 31.4 Å². The van der Waals surface area contributed by atoms with Crippen LogP contribution in [0.2, 0.25) is 0 Å². The van der Waals surface area contributed by atoms with Crippen LogP contribution in [-0.2, 0) is 20.4 Å². The average Bonchev–Trinajstić information content (AvgIpc) is 3.51. The topological polar surface area (TPSA) is 99.3 Å². The van der Waals surface area contributed by atoms with E-state index in [4.69, 9.17) is 0 Å². The van der Waals surface area contributed by atoms with Gasteiger partial charge in [-0.05, 0) is 68.2 Å². The SMILES string of the molecule is Cc1[nH]c(/C=C2\C(=O)Nc3ccc(S(=O)(=O)Cc4c(F)cccc4F)cc32)c(C)c1C(=O)N1CC[C@@H](C)C1. The van der Waals surface area contributed by atoms with Gasteiger partial charge in [-0.15, -0.1) is 0 Å². The average molecular weight is 540 g/mol. The molecule has 1 aromatic heterocycles. The summed E-state index contributed by atoms with van der Waals surface area (Å²) in [6.07, 6.45) is 2.55. The minimum atomic E-state index is -4.13. The number of nitrogens with zero attached hydrogens (tertiary/aromatic N) is 1. The second-order valence-electron chi connectivity index (χ2n) is 9.99. The summed E-state index contributed by atoms with van der Waals surface area (Å²) in [5.74, 6) is -2.80. The van der Waals surface area contributed by atoms with Gasteiger partial charge in [0, 0.05) is 41.3 Å². The predicted octanol–water partition coefficient (Wildman–Crippen LogP) is 4.86. The smallest absolute Gasteiger partial charge is 0.256 e. The molecular formula is C28H27F2N3O4S. The summed E-state index contributed by atoms with van der Waals surface area (Å²) < 4.78 is 54.4. The number of halogens is 2. The molecule has 10 heteroatoms. The number of hydrogen-bond acceptors (Lipinski definition) is 4. The van der Waals surface area contributed by atoms with Gasteiger partial charge in [-0.25, -0.2) is 17.2 Å². The van der Waals surface area contributed by atoms with Gasteiger partial charge in [0.2, 0.25) is 0 Å². The third-order valence-corrected chi connectivity index (χ3v) is 8.86. The molecule has 7 nitrogen and oxygen atoms in total. The number of rotatable bonds is 5. The Morgan fingerprint density at radius 1 is 1.16 bits per heavy atom. The predicted molar refractivity (Wildman–Crippen MR) is 140 cm³/mol. The molecule has 5 rings (SSSR count). The van der Waals surface area contributed by atoms with E-state index in [1.807, 2.05) is 4.90 Å². The monoisotopic (exact) mass is 539 g/mol. The van der Waals surface area contributed by atoms with Gasteiger partial charge in [0.15, 0.2) is 9.84 Å². The van der Waals surface area contributed by atoms with Crippen molar-refractivity contribution >= 4 is 39.0 Å². The summed E-state index contributed by atoms with van der Waals surface area (Å²) in [5.41, 5.74) is 2.94. The van der Waals surface area contributed by atoms with Crippen LogP contribution in [0.25, 0.3) is 11.6 Å². The molecule has 3 heterocycles. The van der Waals surface area contributed by atoms with Crippen LogP contribution in [0.4, 0.5) is 14.5 Å². The van der Waals surface area contributed by atoms with Crippen LogP contribution in [0.3, 0.4) is 0 Å². The minimum Gasteiger partial charge on any atom is -0.358 e. The fourth-order valence-electron chi connectivity index (χ4n) is 5.11. The van der Waals surface area contributed by atoms with Crippen molar-refractivity contribution in [3.63, 3.8) is 0 Å². The van der Waals surface area contributed by atoms with E-state index in [1.54, 1.807) is 19.9 Å². The highest BCUT2D eigenvalue weighted by Gasteiger charge is 2.30. The number of H-pyrrole nitrogens is 1. The molecule has 0 spiro atoms. The molecule has 0 bridgehead atoms. The molecule has 2 aliphatic heterocycles. The van der Waals surface area contributed by atoms with Crippen molar-refractivity contribution in [2.45, 2.75) is 37.8 Å². The van der Waals surface area contributed by atoms with Crippen LogP contribution in [0.15, 0.2) is 41.3 Å². The van der Waals surface area contributed by atoms with Gasteiger partial charge in [0.25, 0.3) is 11.8 Å². The molecule has 0 saturated carbocycles. The minimum absolute atomic E-state index is 0.0599. The van der Waals surface area contributed by atoms with E-state index in [-0.39, 0.29) is 16.4 Å². The molecule has 38 heavy (non-hydrogen) atoms. The molecule has 1 fully saturated rings. The maximum Gasteiger partial charge on any atom is 0.256 e. The van der Waals surface area contributed by atoms with Gasteiger partial charge in [-0.3, -0.25) is 9.59 Å². The molecule has 2 N–H and O–H groups in total. The lowest BCUT2D eigenvalue weighted by Crippen LogP contribution is -2.29. The Labute approximate surface area is 219 Å². The zero-order valence-electron chi connectivity index (χ0n) is 21.2. The van der Waals surface area contributed by atoms with Crippen LogP contribution in [0.1, 0.15) is 51.8 Å². The van der Waals surface area contributed by atoms with E-state index >= 15 is 0 Å². The molecule has 2 amide bonds. The number of hydrogen-bond donors (Lipinski definition) is 2. The molecular weight excluding hydrogens is 512 g/mol. The molecule has 1 atom stereocenters. The zero-order valence-corrected chi connectivity index (χ0v) is 22.0. The number of amides is 2. The second kappa shape index (κ2) is 9.50. The second-order valence-corrected chi connectivity index (χ2v) is 12.0. The molecule has 3 aromatic rings. The highest BCUT2D eigenvalue weighted by atomic mass is 32.2. The van der Waals surface area contributed by atoms with Crippen molar-refractivity contribution in [1.29, 1.82) is 0 Å². The molecule has 2 aromatic carbocycles. The highest BCUT2D eigenvalue weighted by molar-refractivity contribution is 7.90. The number of sulfone groups is 1. The molecule has 2 aliphatic rings. The number of aryl methyl sites for hydroxylation is 1.